The smallest absolute Gasteiger partial charge is 0.410 e. The van der Waals surface area contributed by atoms with Gasteiger partial charge < -0.3 is 19.9 Å². The average molecular weight is 372 g/mol. The number of carbonyl (C=O) groups excluding carboxylic acids is 1. The Morgan fingerprint density at radius 1 is 1.36 bits per heavy atom. The molecule has 9 heteroatoms. The number of aliphatic imine (C=N–C) groups is 1. The van der Waals surface area contributed by atoms with Crippen LogP contribution in [0.25, 0.3) is 0 Å². The molecule has 3 rings (SSSR count). The molecule has 0 aromatic heterocycles. The van der Waals surface area contributed by atoms with Gasteiger partial charge in [-0.05, 0) is 33.6 Å². The number of sulfone groups is 1. The van der Waals surface area contributed by atoms with Gasteiger partial charge in [-0.15, -0.1) is 0 Å². The molecule has 3 aliphatic heterocycles. The lowest BCUT2D eigenvalue weighted by atomic mass is 10.2. The van der Waals surface area contributed by atoms with E-state index >= 15 is 0 Å². The van der Waals surface area contributed by atoms with Gasteiger partial charge in [0.25, 0.3) is 0 Å². The largest absolute Gasteiger partial charge is 0.444 e. The molecule has 2 atom stereocenters. The summed E-state index contributed by atoms with van der Waals surface area (Å²) in [6.07, 6.45) is 1.18. The van der Waals surface area contributed by atoms with Crippen molar-refractivity contribution in [1.29, 1.82) is 0 Å². The third-order valence-electron chi connectivity index (χ3n) is 4.81. The molecule has 1 N–H and O–H groups in total. The minimum absolute atomic E-state index is 0.129. The zero-order chi connectivity index (χ0) is 18.2. The minimum atomic E-state index is -2.95. The Balaban J connectivity index is 1.51. The van der Waals surface area contributed by atoms with E-state index in [0.717, 1.165) is 18.8 Å². The highest BCUT2D eigenvalue weighted by Gasteiger charge is 2.37. The highest BCUT2D eigenvalue weighted by atomic mass is 32.2. The molecular formula is C16H28N4O4S. The number of nitrogens with zero attached hydrogens (tertiary/aromatic N) is 3. The molecule has 0 spiro atoms. The fourth-order valence-corrected chi connectivity index (χ4v) is 5.28. The van der Waals surface area contributed by atoms with Crippen LogP contribution in [0.5, 0.6) is 0 Å². The summed E-state index contributed by atoms with van der Waals surface area (Å²) in [5, 5.41) is 2.91. The Morgan fingerprint density at radius 2 is 2.12 bits per heavy atom. The van der Waals surface area contributed by atoms with Crippen molar-refractivity contribution in [3.63, 3.8) is 0 Å². The maximum atomic E-state index is 12.2. The van der Waals surface area contributed by atoms with Gasteiger partial charge in [-0.2, -0.15) is 0 Å². The lowest BCUT2D eigenvalue weighted by Gasteiger charge is -2.39. The van der Waals surface area contributed by atoms with Crippen LogP contribution in [-0.4, -0.2) is 85.6 Å². The maximum absolute atomic E-state index is 12.2. The second kappa shape index (κ2) is 6.66. The minimum Gasteiger partial charge on any atom is -0.444 e. The molecule has 3 heterocycles. The van der Waals surface area contributed by atoms with Crippen molar-refractivity contribution in [2.75, 3.05) is 38.5 Å². The first-order valence-corrected chi connectivity index (χ1v) is 10.6. The van der Waals surface area contributed by atoms with E-state index in [2.05, 4.69) is 15.2 Å². The summed E-state index contributed by atoms with van der Waals surface area (Å²) in [6.45, 7) is 8.43. The summed E-state index contributed by atoms with van der Waals surface area (Å²) in [7, 11) is -2.95. The van der Waals surface area contributed by atoms with Gasteiger partial charge in [0, 0.05) is 26.2 Å². The maximum Gasteiger partial charge on any atom is 0.410 e. The van der Waals surface area contributed by atoms with E-state index in [1.807, 2.05) is 20.8 Å². The summed E-state index contributed by atoms with van der Waals surface area (Å²) in [6, 6.07) is 0.129. The molecule has 0 bridgehead atoms. The Hall–Kier alpha value is -1.51. The van der Waals surface area contributed by atoms with Gasteiger partial charge in [0.2, 0.25) is 0 Å². The summed E-state index contributed by atoms with van der Waals surface area (Å²) in [5.74, 6) is 1.05. The van der Waals surface area contributed by atoms with Gasteiger partial charge in [0.05, 0.1) is 23.6 Å². The van der Waals surface area contributed by atoms with Crippen LogP contribution >= 0.6 is 0 Å². The number of carbonyl (C=O) groups is 1. The van der Waals surface area contributed by atoms with Crippen molar-refractivity contribution < 1.29 is 17.9 Å². The Labute approximate surface area is 149 Å². The SMILES string of the molecule is CC(C)(C)OC(=O)N1CCN2C(NCC3CCCS3(=O)=O)=NCC2C1. The van der Waals surface area contributed by atoms with Gasteiger partial charge in [-0.3, -0.25) is 4.99 Å². The van der Waals surface area contributed by atoms with Crippen molar-refractivity contribution in [2.24, 2.45) is 4.99 Å². The molecule has 2 fully saturated rings. The molecule has 0 aromatic carbocycles. The number of fused-ring (bicyclic) bond motifs is 1. The van der Waals surface area contributed by atoms with Gasteiger partial charge in [0.15, 0.2) is 15.8 Å². The number of piperazine rings is 1. The zero-order valence-electron chi connectivity index (χ0n) is 15.2. The molecule has 2 saturated heterocycles. The van der Waals surface area contributed by atoms with Crippen LogP contribution in [0.15, 0.2) is 4.99 Å². The fraction of sp³-hybridized carbons (Fsp3) is 0.875. The molecule has 0 radical (unpaired) electrons. The Kier molecular flexibility index (Phi) is 4.87. The number of ether oxygens (including phenoxy) is 1. The molecule has 0 aliphatic carbocycles. The molecule has 1 amide bonds. The van der Waals surface area contributed by atoms with Crippen molar-refractivity contribution in [3.8, 4) is 0 Å². The first-order valence-electron chi connectivity index (χ1n) is 8.90. The van der Waals surface area contributed by atoms with E-state index in [4.69, 9.17) is 4.74 Å². The van der Waals surface area contributed by atoms with E-state index in [1.165, 1.54) is 0 Å². The zero-order valence-corrected chi connectivity index (χ0v) is 16.0. The molecule has 3 aliphatic rings. The number of hydrogen-bond donors (Lipinski definition) is 1. The second-order valence-electron chi connectivity index (χ2n) is 7.95. The van der Waals surface area contributed by atoms with Gasteiger partial charge in [-0.25, -0.2) is 13.2 Å². The van der Waals surface area contributed by atoms with E-state index in [1.54, 1.807) is 4.90 Å². The van der Waals surface area contributed by atoms with Crippen LogP contribution in [0.1, 0.15) is 33.6 Å². The Bertz CT molecular complexity index is 656. The van der Waals surface area contributed by atoms with Crippen molar-refractivity contribution >= 4 is 21.9 Å². The van der Waals surface area contributed by atoms with E-state index in [-0.39, 0.29) is 17.4 Å². The topological polar surface area (TPSA) is 91.3 Å². The van der Waals surface area contributed by atoms with Gasteiger partial charge >= 0.3 is 6.09 Å². The molecule has 0 aromatic rings. The van der Waals surface area contributed by atoms with Crippen LogP contribution in [0.4, 0.5) is 4.79 Å². The first kappa shape index (κ1) is 18.3. The van der Waals surface area contributed by atoms with E-state index in [9.17, 15) is 13.2 Å². The summed E-state index contributed by atoms with van der Waals surface area (Å²) < 4.78 is 29.3. The summed E-state index contributed by atoms with van der Waals surface area (Å²) >= 11 is 0. The van der Waals surface area contributed by atoms with Gasteiger partial charge in [-0.1, -0.05) is 0 Å². The molecular weight excluding hydrogens is 344 g/mol. The van der Waals surface area contributed by atoms with Gasteiger partial charge in [0.1, 0.15) is 5.60 Å². The molecule has 142 valence electrons. The number of guanidine groups is 1. The van der Waals surface area contributed by atoms with Crippen LogP contribution < -0.4 is 5.32 Å². The Morgan fingerprint density at radius 3 is 2.76 bits per heavy atom. The van der Waals surface area contributed by atoms with Crippen LogP contribution in [0, 0.1) is 0 Å². The summed E-state index contributed by atoms with van der Waals surface area (Å²) in [4.78, 5) is 20.6. The summed E-state index contributed by atoms with van der Waals surface area (Å²) in [5.41, 5.74) is -0.500. The van der Waals surface area contributed by atoms with E-state index < -0.39 is 15.4 Å². The molecule has 2 unspecified atom stereocenters. The third-order valence-corrected chi connectivity index (χ3v) is 7.08. The number of hydrogen-bond acceptors (Lipinski definition) is 7. The van der Waals surface area contributed by atoms with Crippen LogP contribution in [0.2, 0.25) is 0 Å². The predicted octanol–water partition coefficient (Wildman–Crippen LogP) is 0.444. The molecule has 0 saturated carbocycles. The van der Waals surface area contributed by atoms with Crippen molar-refractivity contribution in [2.45, 2.75) is 50.5 Å². The molecule has 8 nitrogen and oxygen atoms in total. The first-order chi connectivity index (χ1) is 11.7. The lowest BCUT2D eigenvalue weighted by molar-refractivity contribution is 0.0137. The van der Waals surface area contributed by atoms with Crippen molar-refractivity contribution in [1.82, 2.24) is 15.1 Å². The average Bonchev–Trinajstić information content (AvgIpc) is 3.05. The quantitative estimate of drug-likeness (QED) is 0.756. The molecule has 25 heavy (non-hydrogen) atoms. The number of amides is 1. The highest BCUT2D eigenvalue weighted by molar-refractivity contribution is 7.92. The number of rotatable bonds is 2. The standard InChI is InChI=1S/C16H28N4O4S/c1-16(2,3)24-15(21)19-6-7-20-12(11-19)9-17-14(20)18-10-13-5-4-8-25(13,22)23/h12-13H,4-11H2,1-3H3,(H,17,18). The third kappa shape index (κ3) is 4.19. The van der Waals surface area contributed by atoms with Crippen molar-refractivity contribution in [3.05, 3.63) is 0 Å². The highest BCUT2D eigenvalue weighted by Crippen LogP contribution is 2.21. The van der Waals surface area contributed by atoms with Crippen LogP contribution in [0.3, 0.4) is 0 Å². The predicted molar refractivity (Wildman–Crippen MR) is 95.4 cm³/mol. The number of nitrogens with one attached hydrogen (secondary N) is 1. The lowest BCUT2D eigenvalue weighted by Crippen LogP contribution is -2.58. The second-order valence-corrected chi connectivity index (χ2v) is 10.4. The van der Waals surface area contributed by atoms with Crippen LogP contribution in [-0.2, 0) is 14.6 Å². The normalized spacial score (nSPS) is 28.5. The monoisotopic (exact) mass is 372 g/mol. The van der Waals surface area contributed by atoms with E-state index in [0.29, 0.717) is 38.5 Å². The fourth-order valence-electron chi connectivity index (χ4n) is 3.52.